The number of rotatable bonds is 5. The standard InChI is InChI=1S/C22H20N2O5S/c1-12-5-4-6-18(13(12)2)24-20(26)17(19(25)23-22(24)30)11-15-7-9-16(10-8-15)29-14(3)21(27)28/h4-11,14H,1-3H3,(H,27,28)(H,23,25,30)/b17-11+. The second-order valence-corrected chi connectivity index (χ2v) is 7.23. The Morgan fingerprint density at radius 1 is 1.17 bits per heavy atom. The molecule has 0 bridgehead atoms. The molecule has 2 N–H and O–H groups in total. The number of carbonyl (C=O) groups excluding carboxylic acids is 2. The number of hydrogen-bond acceptors (Lipinski definition) is 5. The Hall–Kier alpha value is -3.52. The van der Waals surface area contributed by atoms with Gasteiger partial charge in [0.2, 0.25) is 0 Å². The van der Waals surface area contributed by atoms with Gasteiger partial charge < -0.3 is 9.84 Å². The Bertz CT molecular complexity index is 1080. The number of carboxylic acids is 1. The minimum atomic E-state index is -1.08. The van der Waals surface area contributed by atoms with Crippen molar-refractivity contribution in [3.05, 3.63) is 64.7 Å². The van der Waals surface area contributed by atoms with Crippen LogP contribution in [0.1, 0.15) is 23.6 Å². The number of thiocarbonyl (C=S) groups is 1. The summed E-state index contributed by atoms with van der Waals surface area (Å²) in [6.45, 7) is 5.24. The van der Waals surface area contributed by atoms with Crippen molar-refractivity contribution in [3.63, 3.8) is 0 Å². The lowest BCUT2D eigenvalue weighted by molar-refractivity contribution is -0.144. The van der Waals surface area contributed by atoms with Gasteiger partial charge in [-0.15, -0.1) is 0 Å². The van der Waals surface area contributed by atoms with Crippen molar-refractivity contribution < 1.29 is 24.2 Å². The van der Waals surface area contributed by atoms with E-state index in [9.17, 15) is 14.4 Å². The van der Waals surface area contributed by atoms with Crippen LogP contribution in [0.5, 0.6) is 5.75 Å². The third-order valence-electron chi connectivity index (χ3n) is 4.77. The van der Waals surface area contributed by atoms with E-state index in [1.54, 1.807) is 30.3 Å². The van der Waals surface area contributed by atoms with Crippen LogP contribution in [0.4, 0.5) is 5.69 Å². The lowest BCUT2D eigenvalue weighted by atomic mass is 10.0. The van der Waals surface area contributed by atoms with Gasteiger partial charge in [0, 0.05) is 0 Å². The maximum Gasteiger partial charge on any atom is 0.344 e. The Kier molecular flexibility index (Phi) is 5.98. The van der Waals surface area contributed by atoms with E-state index in [0.717, 1.165) is 11.1 Å². The lowest BCUT2D eigenvalue weighted by Crippen LogP contribution is -2.54. The van der Waals surface area contributed by atoms with E-state index in [1.165, 1.54) is 17.9 Å². The first-order chi connectivity index (χ1) is 14.2. The van der Waals surface area contributed by atoms with Gasteiger partial charge in [0.15, 0.2) is 11.2 Å². The van der Waals surface area contributed by atoms with E-state index in [0.29, 0.717) is 17.0 Å². The molecular formula is C22H20N2O5S. The molecule has 2 amide bonds. The summed E-state index contributed by atoms with van der Waals surface area (Å²) < 4.78 is 5.28. The van der Waals surface area contributed by atoms with E-state index < -0.39 is 23.9 Å². The number of ether oxygens (including phenoxy) is 1. The van der Waals surface area contributed by atoms with Crippen LogP contribution in [-0.4, -0.2) is 34.1 Å². The summed E-state index contributed by atoms with van der Waals surface area (Å²) in [4.78, 5) is 37.8. The fourth-order valence-electron chi connectivity index (χ4n) is 2.92. The van der Waals surface area contributed by atoms with Crippen molar-refractivity contribution in [3.8, 4) is 5.75 Å². The Morgan fingerprint density at radius 3 is 2.47 bits per heavy atom. The molecule has 2 aromatic rings. The predicted molar refractivity (Wildman–Crippen MR) is 116 cm³/mol. The summed E-state index contributed by atoms with van der Waals surface area (Å²) >= 11 is 5.24. The summed E-state index contributed by atoms with van der Waals surface area (Å²) in [6, 6.07) is 11.9. The van der Waals surface area contributed by atoms with Crippen LogP contribution in [-0.2, 0) is 14.4 Å². The average Bonchev–Trinajstić information content (AvgIpc) is 2.69. The maximum atomic E-state index is 13.1. The highest BCUT2D eigenvalue weighted by atomic mass is 32.1. The zero-order valence-corrected chi connectivity index (χ0v) is 17.4. The minimum absolute atomic E-state index is 0.0299. The normalized spacial score (nSPS) is 16.4. The Balaban J connectivity index is 1.91. The smallest absolute Gasteiger partial charge is 0.344 e. The largest absolute Gasteiger partial charge is 0.479 e. The van der Waals surface area contributed by atoms with Crippen molar-refractivity contribution in [1.29, 1.82) is 0 Å². The maximum absolute atomic E-state index is 13.1. The van der Waals surface area contributed by atoms with Crippen LogP contribution in [0.15, 0.2) is 48.0 Å². The number of carboxylic acid groups (broad SMARTS) is 1. The average molecular weight is 424 g/mol. The summed E-state index contributed by atoms with van der Waals surface area (Å²) in [5.41, 5.74) is 3.02. The highest BCUT2D eigenvalue weighted by molar-refractivity contribution is 7.80. The second-order valence-electron chi connectivity index (χ2n) is 6.84. The molecule has 154 valence electrons. The molecule has 0 aromatic heterocycles. The van der Waals surface area contributed by atoms with E-state index in [-0.39, 0.29) is 10.7 Å². The van der Waals surface area contributed by atoms with Crippen molar-refractivity contribution in [1.82, 2.24) is 5.32 Å². The fourth-order valence-corrected chi connectivity index (χ4v) is 3.19. The molecule has 1 unspecified atom stereocenters. The van der Waals surface area contributed by atoms with Gasteiger partial charge in [0.05, 0.1) is 5.69 Å². The van der Waals surface area contributed by atoms with Gasteiger partial charge in [-0.25, -0.2) is 4.79 Å². The van der Waals surface area contributed by atoms with E-state index in [1.807, 2.05) is 26.0 Å². The molecular weight excluding hydrogens is 404 g/mol. The number of nitrogens with one attached hydrogen (secondary N) is 1. The molecule has 1 atom stereocenters. The van der Waals surface area contributed by atoms with Gasteiger partial charge in [-0.3, -0.25) is 19.8 Å². The number of nitrogens with zero attached hydrogens (tertiary/aromatic N) is 1. The van der Waals surface area contributed by atoms with Gasteiger partial charge in [-0.05, 0) is 74.0 Å². The monoisotopic (exact) mass is 424 g/mol. The molecule has 0 spiro atoms. The first kappa shape index (κ1) is 21.2. The number of benzene rings is 2. The summed E-state index contributed by atoms with van der Waals surface area (Å²) in [6.07, 6.45) is 0.467. The van der Waals surface area contributed by atoms with Crippen LogP contribution < -0.4 is 15.0 Å². The summed E-state index contributed by atoms with van der Waals surface area (Å²) in [5.74, 6) is -1.80. The zero-order chi connectivity index (χ0) is 22.0. The first-order valence-electron chi connectivity index (χ1n) is 9.16. The minimum Gasteiger partial charge on any atom is -0.479 e. The van der Waals surface area contributed by atoms with Crippen molar-refractivity contribution in [2.75, 3.05) is 4.90 Å². The van der Waals surface area contributed by atoms with Crippen LogP contribution in [0.25, 0.3) is 6.08 Å². The summed E-state index contributed by atoms with van der Waals surface area (Å²) in [5, 5.41) is 11.5. The molecule has 8 heteroatoms. The molecule has 1 aliphatic rings. The second kappa shape index (κ2) is 8.46. The zero-order valence-electron chi connectivity index (χ0n) is 16.6. The molecule has 3 rings (SSSR count). The quantitative estimate of drug-likeness (QED) is 0.435. The number of hydrogen-bond donors (Lipinski definition) is 2. The Labute approximate surface area is 179 Å². The number of amides is 2. The third-order valence-corrected chi connectivity index (χ3v) is 5.05. The fraction of sp³-hybridized carbons (Fsp3) is 0.182. The van der Waals surface area contributed by atoms with Gasteiger partial charge in [-0.1, -0.05) is 24.3 Å². The topological polar surface area (TPSA) is 95.9 Å². The molecule has 30 heavy (non-hydrogen) atoms. The van der Waals surface area contributed by atoms with Gasteiger partial charge >= 0.3 is 5.97 Å². The summed E-state index contributed by atoms with van der Waals surface area (Å²) in [7, 11) is 0. The van der Waals surface area contributed by atoms with E-state index >= 15 is 0 Å². The van der Waals surface area contributed by atoms with E-state index in [4.69, 9.17) is 22.1 Å². The molecule has 1 aliphatic heterocycles. The molecule has 1 heterocycles. The van der Waals surface area contributed by atoms with Crippen molar-refractivity contribution >= 4 is 46.9 Å². The molecule has 7 nitrogen and oxygen atoms in total. The van der Waals surface area contributed by atoms with Crippen LogP contribution >= 0.6 is 12.2 Å². The van der Waals surface area contributed by atoms with Crippen LogP contribution in [0.3, 0.4) is 0 Å². The molecule has 0 radical (unpaired) electrons. The molecule has 0 saturated carbocycles. The highest BCUT2D eigenvalue weighted by Crippen LogP contribution is 2.27. The number of anilines is 1. The SMILES string of the molecule is Cc1cccc(N2C(=O)/C(=C/c3ccc(OC(C)C(=O)O)cc3)C(=O)NC2=S)c1C. The van der Waals surface area contributed by atoms with Gasteiger partial charge in [0.1, 0.15) is 11.3 Å². The number of carbonyl (C=O) groups is 3. The molecule has 1 fully saturated rings. The van der Waals surface area contributed by atoms with Crippen molar-refractivity contribution in [2.24, 2.45) is 0 Å². The molecule has 1 saturated heterocycles. The van der Waals surface area contributed by atoms with Crippen LogP contribution in [0, 0.1) is 13.8 Å². The molecule has 0 aliphatic carbocycles. The van der Waals surface area contributed by atoms with Crippen LogP contribution in [0.2, 0.25) is 0 Å². The number of aliphatic carboxylic acids is 1. The number of aryl methyl sites for hydroxylation is 1. The van der Waals surface area contributed by atoms with Crippen molar-refractivity contribution in [2.45, 2.75) is 26.9 Å². The highest BCUT2D eigenvalue weighted by Gasteiger charge is 2.35. The van der Waals surface area contributed by atoms with E-state index in [2.05, 4.69) is 5.32 Å². The lowest BCUT2D eigenvalue weighted by Gasteiger charge is -2.30. The van der Waals surface area contributed by atoms with Gasteiger partial charge in [0.25, 0.3) is 11.8 Å². The first-order valence-corrected chi connectivity index (χ1v) is 9.57. The Morgan fingerprint density at radius 2 is 1.83 bits per heavy atom. The predicted octanol–water partition coefficient (Wildman–Crippen LogP) is 2.99. The third kappa shape index (κ3) is 4.23. The van der Waals surface area contributed by atoms with Gasteiger partial charge in [-0.2, -0.15) is 0 Å². The molecule has 2 aromatic carbocycles.